The van der Waals surface area contributed by atoms with E-state index in [1.165, 1.54) is 24.0 Å². The molecule has 0 unspecified atom stereocenters. The molecule has 3 heteroatoms. The van der Waals surface area contributed by atoms with Crippen LogP contribution in [0.2, 0.25) is 0 Å². The fraction of sp³-hybridized carbons (Fsp3) is 0.438. The zero-order chi connectivity index (χ0) is 13.4. The highest BCUT2D eigenvalue weighted by Crippen LogP contribution is 2.35. The molecule has 1 saturated carbocycles. The third kappa shape index (κ3) is 2.37. The SMILES string of the molecule is Cc1ccccc1-c1cc(N)n(CC2CC(C)C2)n1. The maximum absolute atomic E-state index is 6.09. The quantitative estimate of drug-likeness (QED) is 0.912. The maximum atomic E-state index is 6.09. The molecule has 19 heavy (non-hydrogen) atoms. The van der Waals surface area contributed by atoms with Gasteiger partial charge in [0.05, 0.1) is 5.69 Å². The highest BCUT2D eigenvalue weighted by Gasteiger charge is 2.26. The summed E-state index contributed by atoms with van der Waals surface area (Å²) in [5.41, 5.74) is 9.50. The normalized spacial score (nSPS) is 22.2. The van der Waals surface area contributed by atoms with Crippen LogP contribution in [0.3, 0.4) is 0 Å². The van der Waals surface area contributed by atoms with Crippen LogP contribution in [0.5, 0.6) is 0 Å². The van der Waals surface area contributed by atoms with Gasteiger partial charge in [-0.3, -0.25) is 0 Å². The molecular formula is C16H21N3. The first-order valence-corrected chi connectivity index (χ1v) is 7.03. The van der Waals surface area contributed by atoms with Gasteiger partial charge in [-0.15, -0.1) is 0 Å². The van der Waals surface area contributed by atoms with Crippen molar-refractivity contribution in [1.29, 1.82) is 0 Å². The van der Waals surface area contributed by atoms with Gasteiger partial charge in [0, 0.05) is 18.2 Å². The first-order chi connectivity index (χ1) is 9.13. The Labute approximate surface area is 114 Å². The highest BCUT2D eigenvalue weighted by atomic mass is 15.3. The van der Waals surface area contributed by atoms with E-state index >= 15 is 0 Å². The van der Waals surface area contributed by atoms with Crippen LogP contribution >= 0.6 is 0 Å². The number of aryl methyl sites for hydroxylation is 1. The van der Waals surface area contributed by atoms with Crippen LogP contribution in [0, 0.1) is 18.8 Å². The third-order valence-corrected chi connectivity index (χ3v) is 4.13. The van der Waals surface area contributed by atoms with Gasteiger partial charge in [-0.2, -0.15) is 5.10 Å². The lowest BCUT2D eigenvalue weighted by molar-refractivity contribution is 0.183. The number of nitrogen functional groups attached to an aromatic ring is 1. The molecule has 2 aromatic rings. The molecule has 0 atom stereocenters. The Morgan fingerprint density at radius 1 is 1.32 bits per heavy atom. The van der Waals surface area contributed by atoms with Gasteiger partial charge in [0.25, 0.3) is 0 Å². The Morgan fingerprint density at radius 3 is 2.74 bits per heavy atom. The zero-order valence-corrected chi connectivity index (χ0v) is 11.6. The van der Waals surface area contributed by atoms with Crippen LogP contribution in [-0.4, -0.2) is 9.78 Å². The Bertz CT molecular complexity index is 579. The predicted octanol–water partition coefficient (Wildman–Crippen LogP) is 3.49. The van der Waals surface area contributed by atoms with E-state index in [9.17, 15) is 0 Å². The first kappa shape index (κ1) is 12.3. The number of nitrogens with two attached hydrogens (primary N) is 1. The lowest BCUT2D eigenvalue weighted by Gasteiger charge is -2.32. The third-order valence-electron chi connectivity index (χ3n) is 4.13. The van der Waals surface area contributed by atoms with Crippen LogP contribution in [0.15, 0.2) is 30.3 Å². The van der Waals surface area contributed by atoms with Gasteiger partial charge in [-0.05, 0) is 37.2 Å². The fourth-order valence-electron chi connectivity index (χ4n) is 3.03. The van der Waals surface area contributed by atoms with Crippen molar-refractivity contribution in [2.45, 2.75) is 33.2 Å². The van der Waals surface area contributed by atoms with Crippen LogP contribution < -0.4 is 5.73 Å². The van der Waals surface area contributed by atoms with Crippen molar-refractivity contribution in [1.82, 2.24) is 9.78 Å². The van der Waals surface area contributed by atoms with Crippen molar-refractivity contribution in [3.05, 3.63) is 35.9 Å². The van der Waals surface area contributed by atoms with Crippen LogP contribution in [0.1, 0.15) is 25.3 Å². The molecule has 0 spiro atoms. The summed E-state index contributed by atoms with van der Waals surface area (Å²) in [6.45, 7) is 5.38. The fourth-order valence-corrected chi connectivity index (χ4v) is 3.03. The maximum Gasteiger partial charge on any atom is 0.122 e. The summed E-state index contributed by atoms with van der Waals surface area (Å²) in [4.78, 5) is 0. The number of hydrogen-bond donors (Lipinski definition) is 1. The predicted molar refractivity (Wildman–Crippen MR) is 78.7 cm³/mol. The highest BCUT2D eigenvalue weighted by molar-refractivity contribution is 5.65. The molecule has 0 aliphatic heterocycles. The van der Waals surface area contributed by atoms with E-state index in [1.807, 2.05) is 16.8 Å². The van der Waals surface area contributed by atoms with Gasteiger partial charge in [-0.1, -0.05) is 31.2 Å². The average Bonchev–Trinajstić information content (AvgIpc) is 2.69. The van der Waals surface area contributed by atoms with Crippen molar-refractivity contribution < 1.29 is 0 Å². The molecule has 0 amide bonds. The second kappa shape index (κ2) is 4.72. The second-order valence-electron chi connectivity index (χ2n) is 5.89. The number of anilines is 1. The Balaban J connectivity index is 1.83. The van der Waals surface area contributed by atoms with Crippen molar-refractivity contribution in [3.8, 4) is 11.3 Å². The van der Waals surface area contributed by atoms with Crippen LogP contribution in [-0.2, 0) is 6.54 Å². The topological polar surface area (TPSA) is 43.8 Å². The molecule has 3 rings (SSSR count). The molecule has 3 nitrogen and oxygen atoms in total. The molecule has 2 N–H and O–H groups in total. The van der Waals surface area contributed by atoms with E-state index in [-0.39, 0.29) is 0 Å². The Hall–Kier alpha value is -1.77. The summed E-state index contributed by atoms with van der Waals surface area (Å²) in [5, 5.41) is 4.68. The summed E-state index contributed by atoms with van der Waals surface area (Å²) >= 11 is 0. The standard InChI is InChI=1S/C16H21N3/c1-11-7-13(8-11)10-19-16(17)9-15(18-19)14-6-4-3-5-12(14)2/h3-6,9,11,13H,7-8,10,17H2,1-2H3. The lowest BCUT2D eigenvalue weighted by atomic mass is 9.76. The number of aromatic nitrogens is 2. The van der Waals surface area contributed by atoms with Gasteiger partial charge in [0.1, 0.15) is 5.82 Å². The Kier molecular flexibility index (Phi) is 3.05. The van der Waals surface area contributed by atoms with E-state index in [0.29, 0.717) is 0 Å². The molecule has 100 valence electrons. The summed E-state index contributed by atoms with van der Waals surface area (Å²) in [6, 6.07) is 10.3. The largest absolute Gasteiger partial charge is 0.384 e. The molecule has 1 heterocycles. The summed E-state index contributed by atoms with van der Waals surface area (Å²) in [7, 11) is 0. The zero-order valence-electron chi connectivity index (χ0n) is 11.6. The van der Waals surface area contributed by atoms with E-state index in [1.54, 1.807) is 0 Å². The summed E-state index contributed by atoms with van der Waals surface area (Å²) in [5.74, 6) is 2.40. The molecule has 1 aliphatic rings. The minimum Gasteiger partial charge on any atom is -0.384 e. The van der Waals surface area contributed by atoms with Gasteiger partial charge < -0.3 is 5.73 Å². The minimum atomic E-state index is 0.752. The molecule has 1 aliphatic carbocycles. The van der Waals surface area contributed by atoms with Crippen molar-refractivity contribution in [2.24, 2.45) is 11.8 Å². The number of hydrogen-bond acceptors (Lipinski definition) is 2. The molecule has 0 radical (unpaired) electrons. The second-order valence-corrected chi connectivity index (χ2v) is 5.89. The van der Waals surface area contributed by atoms with Crippen molar-refractivity contribution >= 4 is 5.82 Å². The summed E-state index contributed by atoms with van der Waals surface area (Å²) < 4.78 is 1.97. The van der Waals surface area contributed by atoms with E-state index in [2.05, 4.69) is 37.1 Å². The van der Waals surface area contributed by atoms with E-state index in [0.717, 1.165) is 29.9 Å². The molecule has 1 fully saturated rings. The average molecular weight is 255 g/mol. The van der Waals surface area contributed by atoms with E-state index < -0.39 is 0 Å². The van der Waals surface area contributed by atoms with Crippen molar-refractivity contribution in [2.75, 3.05) is 5.73 Å². The van der Waals surface area contributed by atoms with Gasteiger partial charge in [0.2, 0.25) is 0 Å². The lowest BCUT2D eigenvalue weighted by Crippen LogP contribution is -2.26. The van der Waals surface area contributed by atoms with Gasteiger partial charge in [0.15, 0.2) is 0 Å². The number of nitrogens with zero attached hydrogens (tertiary/aromatic N) is 2. The summed E-state index contributed by atoms with van der Waals surface area (Å²) in [6.07, 6.45) is 2.61. The molecule has 0 saturated heterocycles. The smallest absolute Gasteiger partial charge is 0.122 e. The molecule has 0 bridgehead atoms. The number of rotatable bonds is 3. The molecule has 1 aromatic carbocycles. The monoisotopic (exact) mass is 255 g/mol. The van der Waals surface area contributed by atoms with Crippen LogP contribution in [0.25, 0.3) is 11.3 Å². The number of benzene rings is 1. The molecule has 1 aromatic heterocycles. The molecular weight excluding hydrogens is 234 g/mol. The van der Waals surface area contributed by atoms with Gasteiger partial charge >= 0.3 is 0 Å². The minimum absolute atomic E-state index is 0.752. The van der Waals surface area contributed by atoms with Crippen molar-refractivity contribution in [3.63, 3.8) is 0 Å². The Morgan fingerprint density at radius 2 is 2.05 bits per heavy atom. The first-order valence-electron chi connectivity index (χ1n) is 7.03. The van der Waals surface area contributed by atoms with Crippen LogP contribution in [0.4, 0.5) is 5.82 Å². The van der Waals surface area contributed by atoms with Gasteiger partial charge in [-0.25, -0.2) is 4.68 Å². The van der Waals surface area contributed by atoms with E-state index in [4.69, 9.17) is 5.73 Å².